The molecule has 292 valence electrons. The second kappa shape index (κ2) is 19.6. The summed E-state index contributed by atoms with van der Waals surface area (Å²) in [6.45, 7) is 29.1. The van der Waals surface area contributed by atoms with Gasteiger partial charge in [0.05, 0.1) is 32.0 Å². The van der Waals surface area contributed by atoms with Gasteiger partial charge >= 0.3 is 0 Å². The molecule has 0 aliphatic carbocycles. The zero-order chi connectivity index (χ0) is 38.7. The van der Waals surface area contributed by atoms with Crippen LogP contribution >= 0.6 is 0 Å². The molecule has 2 aromatic rings. The van der Waals surface area contributed by atoms with Gasteiger partial charge < -0.3 is 27.8 Å². The average Bonchev–Trinajstić information content (AvgIpc) is 3.08. The molecular weight excluding hydrogens is 681 g/mol. The second-order valence-corrected chi connectivity index (χ2v) is 27.8. The highest BCUT2D eigenvalue weighted by Crippen LogP contribution is 2.41. The van der Waals surface area contributed by atoms with Gasteiger partial charge in [0.2, 0.25) is 0 Å². The van der Waals surface area contributed by atoms with E-state index in [-0.39, 0.29) is 46.3 Å². The molecule has 1 aliphatic rings. The van der Waals surface area contributed by atoms with E-state index in [1.165, 1.54) is 0 Å². The van der Waals surface area contributed by atoms with Crippen molar-refractivity contribution in [3.63, 3.8) is 0 Å². The van der Waals surface area contributed by atoms with Crippen molar-refractivity contribution in [3.05, 3.63) is 65.7 Å². The van der Waals surface area contributed by atoms with Crippen LogP contribution in [-0.4, -0.2) is 54.8 Å². The summed E-state index contributed by atoms with van der Waals surface area (Å²) >= 11 is 0. The van der Waals surface area contributed by atoms with Crippen LogP contribution in [0.1, 0.15) is 111 Å². The van der Waals surface area contributed by atoms with E-state index in [4.69, 9.17) is 34.2 Å². The predicted molar refractivity (Wildman–Crippen MR) is 221 cm³/mol. The number of rotatable bonds is 19. The molecule has 1 fully saturated rings. The van der Waals surface area contributed by atoms with Gasteiger partial charge in [0.15, 0.2) is 22.9 Å². The van der Waals surface area contributed by atoms with Crippen molar-refractivity contribution < 1.29 is 27.8 Å². The van der Waals surface area contributed by atoms with E-state index in [9.17, 15) is 0 Å². The molecule has 0 aromatic heterocycles. The van der Waals surface area contributed by atoms with Crippen LogP contribution in [0.4, 0.5) is 0 Å². The molecule has 6 nitrogen and oxygen atoms in total. The van der Waals surface area contributed by atoms with Gasteiger partial charge in [-0.05, 0) is 85.6 Å². The summed E-state index contributed by atoms with van der Waals surface area (Å²) in [6.07, 6.45) is 10.5. The molecule has 0 N–H and O–H groups in total. The summed E-state index contributed by atoms with van der Waals surface area (Å²) in [6, 6.07) is 18.5. The third-order valence-electron chi connectivity index (χ3n) is 11.8. The van der Waals surface area contributed by atoms with Gasteiger partial charge in [-0.2, -0.15) is 0 Å². The summed E-state index contributed by atoms with van der Waals surface area (Å²) < 4.78 is 39.4. The highest BCUT2D eigenvalue weighted by molar-refractivity contribution is 6.74. The van der Waals surface area contributed by atoms with Crippen molar-refractivity contribution in [1.82, 2.24) is 0 Å². The Hall–Kier alpha value is -1.97. The Morgan fingerprint density at radius 3 is 2.02 bits per heavy atom. The molecule has 0 bridgehead atoms. The van der Waals surface area contributed by atoms with E-state index < -0.39 is 22.9 Å². The fourth-order valence-corrected chi connectivity index (χ4v) is 8.83. The zero-order valence-corrected chi connectivity index (χ0v) is 36.9. The van der Waals surface area contributed by atoms with Crippen LogP contribution in [0.5, 0.6) is 5.75 Å². The first-order valence-corrected chi connectivity index (χ1v) is 25.4. The number of benzene rings is 2. The van der Waals surface area contributed by atoms with Crippen LogP contribution in [0, 0.1) is 24.2 Å². The zero-order valence-electron chi connectivity index (χ0n) is 34.9. The molecular formula is C44H72O6Si2. The van der Waals surface area contributed by atoms with E-state index in [1.807, 2.05) is 30.3 Å². The molecule has 0 saturated carbocycles. The SMILES string of the molecule is C#CCC[C@H]1C[C@@H](C[C@H](CC[C@@H](C)[C@H](OCc2ccc(OC)cc2)[C@H](C)CO[Si](C)(C)C(C)(C)C)O[Si](C)(C)C(C)(C)C)O[C@@H](c2ccccc2)O1. The summed E-state index contributed by atoms with van der Waals surface area (Å²) in [5.74, 6) is 4.18. The minimum atomic E-state index is -2.08. The quantitative estimate of drug-likeness (QED) is 0.105. The molecule has 52 heavy (non-hydrogen) atoms. The van der Waals surface area contributed by atoms with Gasteiger partial charge in [0, 0.05) is 37.0 Å². The maximum absolute atomic E-state index is 7.25. The second-order valence-electron chi connectivity index (χ2n) is 18.2. The van der Waals surface area contributed by atoms with Crippen LogP contribution < -0.4 is 4.74 Å². The number of hydrogen-bond acceptors (Lipinski definition) is 6. The molecule has 0 radical (unpaired) electrons. The van der Waals surface area contributed by atoms with Crippen molar-refractivity contribution in [2.24, 2.45) is 11.8 Å². The normalized spacial score (nSPS) is 21.2. The summed E-state index contributed by atoms with van der Waals surface area (Å²) in [5.41, 5.74) is 2.18. The van der Waals surface area contributed by atoms with Crippen LogP contribution in [-0.2, 0) is 29.7 Å². The van der Waals surface area contributed by atoms with Gasteiger partial charge in [-0.3, -0.25) is 0 Å². The van der Waals surface area contributed by atoms with E-state index >= 15 is 0 Å². The Labute approximate surface area is 320 Å². The van der Waals surface area contributed by atoms with Gasteiger partial charge in [-0.25, -0.2) is 0 Å². The summed E-state index contributed by atoms with van der Waals surface area (Å²) in [7, 11) is -2.30. The fraction of sp³-hybridized carbons (Fsp3) is 0.682. The maximum Gasteiger partial charge on any atom is 0.192 e. The van der Waals surface area contributed by atoms with Crippen molar-refractivity contribution >= 4 is 16.6 Å². The topological polar surface area (TPSA) is 55.4 Å². The monoisotopic (exact) mass is 752 g/mol. The molecule has 7 atom stereocenters. The number of terminal acetylenes is 1. The Kier molecular flexibility index (Phi) is 16.7. The van der Waals surface area contributed by atoms with E-state index in [0.717, 1.165) is 49.0 Å². The highest BCUT2D eigenvalue weighted by atomic mass is 28.4. The van der Waals surface area contributed by atoms with Crippen LogP contribution in [0.3, 0.4) is 0 Å². The Morgan fingerprint density at radius 1 is 0.827 bits per heavy atom. The van der Waals surface area contributed by atoms with Crippen molar-refractivity contribution in [1.29, 1.82) is 0 Å². The van der Waals surface area contributed by atoms with E-state index in [1.54, 1.807) is 7.11 Å². The van der Waals surface area contributed by atoms with Crippen LogP contribution in [0.15, 0.2) is 54.6 Å². The van der Waals surface area contributed by atoms with E-state index in [0.29, 0.717) is 19.6 Å². The number of methoxy groups -OCH3 is 1. The van der Waals surface area contributed by atoms with Crippen molar-refractivity contribution in [2.75, 3.05) is 13.7 Å². The predicted octanol–water partition coefficient (Wildman–Crippen LogP) is 11.7. The number of hydrogen-bond donors (Lipinski definition) is 0. The summed E-state index contributed by atoms with van der Waals surface area (Å²) in [5, 5.41) is 0.243. The molecule has 3 rings (SSSR count). The molecule has 2 aromatic carbocycles. The fourth-order valence-electron chi connectivity index (χ4n) is 6.31. The van der Waals surface area contributed by atoms with Crippen LogP contribution in [0.2, 0.25) is 36.3 Å². The molecule has 0 spiro atoms. The molecule has 1 aliphatic heterocycles. The van der Waals surface area contributed by atoms with Gasteiger partial charge in [-0.1, -0.05) is 97.9 Å². The molecule has 1 heterocycles. The standard InChI is InChI=1S/C44H72O6Si2/c1-15-16-22-38-29-40(49-42(48-38)36-20-18-17-19-21-36)30-39(50-52(13,14)44(7,8)9)26-23-33(2)41(34(3)31-47-51(11,12)43(4,5)6)46-32-35-24-27-37(45-10)28-25-35/h1,17-21,24-25,27-28,33-34,38-42H,16,22-23,26,29-32H2,2-14H3/t33-,34-,38+,39+,40+,41+,42+/m1/s1. The highest BCUT2D eigenvalue weighted by Gasteiger charge is 2.42. The Bertz CT molecular complexity index is 1360. The first kappa shape index (κ1) is 44.4. The molecule has 0 amide bonds. The lowest BCUT2D eigenvalue weighted by atomic mass is 9.88. The molecule has 8 heteroatoms. The van der Waals surface area contributed by atoms with E-state index in [2.05, 4.69) is 112 Å². The molecule has 0 unspecified atom stereocenters. The van der Waals surface area contributed by atoms with Gasteiger partial charge in [0.25, 0.3) is 0 Å². The van der Waals surface area contributed by atoms with Gasteiger partial charge in [-0.15, -0.1) is 12.3 Å². The lowest BCUT2D eigenvalue weighted by Crippen LogP contribution is -2.46. The Balaban J connectivity index is 1.83. The maximum atomic E-state index is 7.25. The van der Waals surface area contributed by atoms with Crippen LogP contribution in [0.25, 0.3) is 0 Å². The van der Waals surface area contributed by atoms with Crippen molar-refractivity contribution in [2.45, 2.75) is 167 Å². The third-order valence-corrected chi connectivity index (χ3v) is 20.8. The lowest BCUT2D eigenvalue weighted by molar-refractivity contribution is -0.252. The average molecular weight is 753 g/mol. The first-order chi connectivity index (χ1) is 24.3. The van der Waals surface area contributed by atoms with Crippen molar-refractivity contribution in [3.8, 4) is 18.1 Å². The minimum absolute atomic E-state index is 0.00540. The first-order valence-electron chi connectivity index (χ1n) is 19.6. The third kappa shape index (κ3) is 13.4. The summed E-state index contributed by atoms with van der Waals surface area (Å²) in [4.78, 5) is 0. The number of ether oxygens (including phenoxy) is 4. The largest absolute Gasteiger partial charge is 0.497 e. The lowest BCUT2D eigenvalue weighted by Gasteiger charge is -2.42. The Morgan fingerprint density at radius 2 is 1.44 bits per heavy atom. The molecule has 1 saturated heterocycles. The minimum Gasteiger partial charge on any atom is -0.497 e. The van der Waals surface area contributed by atoms with Gasteiger partial charge in [0.1, 0.15) is 5.75 Å². The smallest absolute Gasteiger partial charge is 0.192 e.